The quantitative estimate of drug-likeness (QED) is 0.641. The highest BCUT2D eigenvalue weighted by Crippen LogP contribution is 2.31. The lowest BCUT2D eigenvalue weighted by Crippen LogP contribution is -2.55. The van der Waals surface area contributed by atoms with E-state index in [4.69, 9.17) is 4.74 Å². The molecule has 1 aliphatic rings. The molecule has 1 atom stereocenters. The average Bonchev–Trinajstić information content (AvgIpc) is 2.16. The summed E-state index contributed by atoms with van der Waals surface area (Å²) in [6, 6.07) is 0. The topological polar surface area (TPSA) is 12.5 Å². The molecule has 0 radical (unpaired) electrons. The number of likely N-dealkylation sites (N-methyl/N-ethyl adjacent to an activating group) is 1. The van der Waals surface area contributed by atoms with Gasteiger partial charge in [0.25, 0.3) is 0 Å². The summed E-state index contributed by atoms with van der Waals surface area (Å²) in [6.45, 7) is 9.34. The molecule has 0 N–H and O–H groups in total. The van der Waals surface area contributed by atoms with Crippen molar-refractivity contribution in [3.8, 4) is 0 Å². The maximum absolute atomic E-state index is 5.63. The fourth-order valence-electron chi connectivity index (χ4n) is 2.15. The number of hydrogen-bond donors (Lipinski definition) is 0. The predicted octanol–water partition coefficient (Wildman–Crippen LogP) is 2.31. The van der Waals surface area contributed by atoms with Crippen molar-refractivity contribution in [2.24, 2.45) is 5.92 Å². The van der Waals surface area contributed by atoms with E-state index in [0.717, 1.165) is 26.2 Å². The van der Waals surface area contributed by atoms with Crippen LogP contribution in [-0.4, -0.2) is 37.2 Å². The first-order valence-corrected chi connectivity index (χ1v) is 5.57. The van der Waals surface area contributed by atoms with E-state index in [2.05, 4.69) is 44.9 Å². The average molecular weight is 197 g/mol. The van der Waals surface area contributed by atoms with E-state index in [1.807, 2.05) is 0 Å². The highest BCUT2D eigenvalue weighted by atomic mass is 16.5. The second kappa shape index (κ2) is 4.94. The molecular weight excluding hydrogens is 174 g/mol. The SMILES string of the molecule is CCOC[C@@]1(C(C)C)CC=CCN1C. The summed E-state index contributed by atoms with van der Waals surface area (Å²) < 4.78 is 5.63. The van der Waals surface area contributed by atoms with Crippen LogP contribution >= 0.6 is 0 Å². The van der Waals surface area contributed by atoms with Crippen molar-refractivity contribution in [3.63, 3.8) is 0 Å². The van der Waals surface area contributed by atoms with Crippen LogP contribution in [0.15, 0.2) is 12.2 Å². The molecule has 14 heavy (non-hydrogen) atoms. The largest absolute Gasteiger partial charge is 0.380 e. The Morgan fingerprint density at radius 2 is 2.14 bits per heavy atom. The zero-order valence-electron chi connectivity index (χ0n) is 9.92. The monoisotopic (exact) mass is 197 g/mol. The third kappa shape index (κ3) is 2.18. The second-order valence-corrected chi connectivity index (χ2v) is 4.45. The van der Waals surface area contributed by atoms with E-state index in [9.17, 15) is 0 Å². The van der Waals surface area contributed by atoms with Crippen LogP contribution in [0.25, 0.3) is 0 Å². The fraction of sp³-hybridized carbons (Fsp3) is 0.833. The maximum Gasteiger partial charge on any atom is 0.0655 e. The smallest absolute Gasteiger partial charge is 0.0655 e. The Kier molecular flexibility index (Phi) is 4.14. The van der Waals surface area contributed by atoms with E-state index in [1.165, 1.54) is 0 Å². The summed E-state index contributed by atoms with van der Waals surface area (Å²) in [5, 5.41) is 0. The Morgan fingerprint density at radius 3 is 2.64 bits per heavy atom. The number of nitrogens with zero attached hydrogens (tertiary/aromatic N) is 1. The molecule has 0 spiro atoms. The van der Waals surface area contributed by atoms with Crippen molar-refractivity contribution in [2.45, 2.75) is 32.7 Å². The minimum atomic E-state index is 0.213. The second-order valence-electron chi connectivity index (χ2n) is 4.45. The van der Waals surface area contributed by atoms with Crippen LogP contribution in [-0.2, 0) is 4.74 Å². The Bertz CT molecular complexity index is 200. The summed E-state index contributed by atoms with van der Waals surface area (Å²) in [5.41, 5.74) is 0.213. The molecule has 0 saturated carbocycles. The minimum absolute atomic E-state index is 0.213. The van der Waals surface area contributed by atoms with Crippen LogP contribution < -0.4 is 0 Å². The molecule has 2 nitrogen and oxygen atoms in total. The summed E-state index contributed by atoms with van der Waals surface area (Å²) in [7, 11) is 2.20. The molecular formula is C12H23NO. The van der Waals surface area contributed by atoms with Gasteiger partial charge in [0.15, 0.2) is 0 Å². The van der Waals surface area contributed by atoms with Gasteiger partial charge in [-0.05, 0) is 26.3 Å². The van der Waals surface area contributed by atoms with Crippen molar-refractivity contribution in [1.82, 2.24) is 4.90 Å². The lowest BCUT2D eigenvalue weighted by atomic mass is 9.80. The van der Waals surface area contributed by atoms with Crippen LogP contribution in [0.3, 0.4) is 0 Å². The lowest BCUT2D eigenvalue weighted by Gasteiger charge is -2.46. The zero-order valence-corrected chi connectivity index (χ0v) is 9.92. The third-order valence-electron chi connectivity index (χ3n) is 3.41. The molecule has 0 saturated heterocycles. The predicted molar refractivity (Wildman–Crippen MR) is 60.4 cm³/mol. The molecule has 0 aromatic heterocycles. The van der Waals surface area contributed by atoms with Gasteiger partial charge < -0.3 is 4.74 Å². The van der Waals surface area contributed by atoms with Crippen LogP contribution in [0.2, 0.25) is 0 Å². The van der Waals surface area contributed by atoms with E-state index in [0.29, 0.717) is 5.92 Å². The molecule has 0 aliphatic carbocycles. The van der Waals surface area contributed by atoms with Crippen molar-refractivity contribution >= 4 is 0 Å². The molecule has 1 rings (SSSR count). The van der Waals surface area contributed by atoms with Crippen molar-refractivity contribution in [2.75, 3.05) is 26.8 Å². The lowest BCUT2D eigenvalue weighted by molar-refractivity contribution is -0.0180. The van der Waals surface area contributed by atoms with Crippen LogP contribution in [0, 0.1) is 5.92 Å². The zero-order chi connectivity index (χ0) is 10.6. The molecule has 1 heterocycles. The van der Waals surface area contributed by atoms with Crippen LogP contribution in [0.5, 0.6) is 0 Å². The Labute approximate surface area is 87.9 Å². The van der Waals surface area contributed by atoms with Gasteiger partial charge in [0.05, 0.1) is 6.61 Å². The van der Waals surface area contributed by atoms with Gasteiger partial charge in [-0.3, -0.25) is 4.90 Å². The van der Waals surface area contributed by atoms with Gasteiger partial charge in [-0.25, -0.2) is 0 Å². The fourth-order valence-corrected chi connectivity index (χ4v) is 2.15. The Hall–Kier alpha value is -0.340. The summed E-state index contributed by atoms with van der Waals surface area (Å²) in [4.78, 5) is 2.42. The van der Waals surface area contributed by atoms with Crippen molar-refractivity contribution in [3.05, 3.63) is 12.2 Å². The molecule has 1 aliphatic heterocycles. The van der Waals surface area contributed by atoms with Gasteiger partial charge in [-0.15, -0.1) is 0 Å². The third-order valence-corrected chi connectivity index (χ3v) is 3.41. The highest BCUT2D eigenvalue weighted by Gasteiger charge is 2.38. The summed E-state index contributed by atoms with van der Waals surface area (Å²) in [6.07, 6.45) is 5.65. The number of hydrogen-bond acceptors (Lipinski definition) is 2. The van der Waals surface area contributed by atoms with E-state index in [-0.39, 0.29) is 5.54 Å². The van der Waals surface area contributed by atoms with Gasteiger partial charge in [0.1, 0.15) is 0 Å². The normalized spacial score (nSPS) is 28.6. The van der Waals surface area contributed by atoms with E-state index in [1.54, 1.807) is 0 Å². The molecule has 2 heteroatoms. The van der Waals surface area contributed by atoms with E-state index < -0.39 is 0 Å². The van der Waals surface area contributed by atoms with Crippen LogP contribution in [0.4, 0.5) is 0 Å². The van der Waals surface area contributed by atoms with Gasteiger partial charge in [-0.1, -0.05) is 26.0 Å². The minimum Gasteiger partial charge on any atom is -0.380 e. The van der Waals surface area contributed by atoms with Crippen LogP contribution in [0.1, 0.15) is 27.2 Å². The molecule has 0 amide bonds. The van der Waals surface area contributed by atoms with E-state index >= 15 is 0 Å². The highest BCUT2D eigenvalue weighted by molar-refractivity contribution is 5.06. The molecule has 0 fully saturated rings. The summed E-state index contributed by atoms with van der Waals surface area (Å²) >= 11 is 0. The maximum atomic E-state index is 5.63. The summed E-state index contributed by atoms with van der Waals surface area (Å²) in [5.74, 6) is 0.629. The Balaban J connectivity index is 2.74. The van der Waals surface area contributed by atoms with Gasteiger partial charge in [0, 0.05) is 18.7 Å². The first-order chi connectivity index (χ1) is 6.63. The van der Waals surface area contributed by atoms with Crippen molar-refractivity contribution in [1.29, 1.82) is 0 Å². The molecule has 0 unspecified atom stereocenters. The standard InChI is InChI=1S/C12H23NO/c1-5-14-10-12(11(2)3)8-6-7-9-13(12)4/h6-7,11H,5,8-10H2,1-4H3/t12-/m1/s1. The van der Waals surface area contributed by atoms with Gasteiger partial charge >= 0.3 is 0 Å². The van der Waals surface area contributed by atoms with Gasteiger partial charge in [0.2, 0.25) is 0 Å². The first-order valence-electron chi connectivity index (χ1n) is 5.57. The number of ether oxygens (including phenoxy) is 1. The number of rotatable bonds is 4. The Morgan fingerprint density at radius 1 is 1.43 bits per heavy atom. The van der Waals surface area contributed by atoms with Gasteiger partial charge in [-0.2, -0.15) is 0 Å². The molecule has 0 aromatic carbocycles. The molecule has 82 valence electrons. The molecule has 0 aromatic rings. The molecule has 0 bridgehead atoms. The van der Waals surface area contributed by atoms with Crippen molar-refractivity contribution < 1.29 is 4.74 Å². The first kappa shape index (κ1) is 11.7.